The average Bonchev–Trinajstić information content (AvgIpc) is 3.53. The fourth-order valence-corrected chi connectivity index (χ4v) is 3.28. The molecule has 2 heterocycles. The lowest BCUT2D eigenvalue weighted by atomic mass is 10.1. The molecule has 0 unspecified atom stereocenters. The first-order valence-electron chi connectivity index (χ1n) is 9.10. The van der Waals surface area contributed by atoms with E-state index in [1.807, 2.05) is 0 Å². The van der Waals surface area contributed by atoms with Crippen LogP contribution in [0.15, 0.2) is 18.3 Å². The normalized spacial score (nSPS) is 20.1. The molecular weight excluding hydrogens is 413 g/mol. The second-order valence-corrected chi connectivity index (χ2v) is 7.47. The van der Waals surface area contributed by atoms with Gasteiger partial charge >= 0.3 is 6.18 Å². The van der Waals surface area contributed by atoms with Gasteiger partial charge in [0.2, 0.25) is 0 Å². The van der Waals surface area contributed by atoms with E-state index in [0.717, 1.165) is 16.9 Å². The third-order valence-electron chi connectivity index (χ3n) is 5.06. The Labute approximate surface area is 166 Å². The molecule has 4 rings (SSSR count). The van der Waals surface area contributed by atoms with Gasteiger partial charge in [-0.3, -0.25) is 19.3 Å². The zero-order valence-electron chi connectivity index (χ0n) is 15.3. The maximum absolute atomic E-state index is 13.8. The minimum atomic E-state index is -4.90. The van der Waals surface area contributed by atoms with Crippen LogP contribution in [0.4, 0.5) is 27.6 Å². The monoisotopic (exact) mass is 429 g/mol. The molecule has 0 radical (unpaired) electrons. The summed E-state index contributed by atoms with van der Waals surface area (Å²) in [6, 6.07) is 2.36. The van der Waals surface area contributed by atoms with Crippen molar-refractivity contribution in [3.63, 3.8) is 0 Å². The number of nitrogens with two attached hydrogens (primary N) is 1. The smallest absolute Gasteiger partial charge is 0.364 e. The van der Waals surface area contributed by atoms with Crippen molar-refractivity contribution in [1.82, 2.24) is 14.8 Å². The summed E-state index contributed by atoms with van der Waals surface area (Å²) >= 11 is 0. The third kappa shape index (κ3) is 3.85. The fourth-order valence-electron chi connectivity index (χ4n) is 3.28. The van der Waals surface area contributed by atoms with Crippen LogP contribution in [0.5, 0.6) is 0 Å². The molecule has 2 aliphatic carbocycles. The van der Waals surface area contributed by atoms with Crippen molar-refractivity contribution in [2.24, 2.45) is 11.7 Å². The maximum atomic E-state index is 13.8. The summed E-state index contributed by atoms with van der Waals surface area (Å²) in [4.78, 5) is 27.7. The second kappa shape index (κ2) is 6.74. The quantitative estimate of drug-likeness (QED) is 0.689. The predicted octanol–water partition coefficient (Wildman–Crippen LogP) is 3.18. The number of nitrogens with one attached hydrogen (secondary N) is 1. The highest BCUT2D eigenvalue weighted by atomic mass is 19.4. The van der Waals surface area contributed by atoms with Crippen molar-refractivity contribution in [2.45, 2.75) is 43.8 Å². The van der Waals surface area contributed by atoms with Gasteiger partial charge in [0.25, 0.3) is 17.7 Å². The van der Waals surface area contributed by atoms with Crippen LogP contribution in [0.2, 0.25) is 0 Å². The number of hydrogen-bond donors (Lipinski definition) is 2. The van der Waals surface area contributed by atoms with E-state index >= 15 is 0 Å². The van der Waals surface area contributed by atoms with Gasteiger partial charge in [0.05, 0.1) is 12.2 Å². The summed E-state index contributed by atoms with van der Waals surface area (Å²) in [5.74, 6) is -6.69. The first kappa shape index (κ1) is 20.2. The topological polar surface area (TPSA) is 103 Å². The fraction of sp³-hybridized carbons (Fsp3) is 0.444. The number of pyridine rings is 1. The van der Waals surface area contributed by atoms with Crippen molar-refractivity contribution in [2.75, 3.05) is 5.32 Å². The summed E-state index contributed by atoms with van der Waals surface area (Å²) < 4.78 is 69.0. The van der Waals surface area contributed by atoms with Crippen molar-refractivity contribution in [1.29, 1.82) is 0 Å². The molecule has 0 bridgehead atoms. The van der Waals surface area contributed by atoms with Gasteiger partial charge in [0, 0.05) is 30.1 Å². The summed E-state index contributed by atoms with van der Waals surface area (Å²) in [6.45, 7) is -0.506. The van der Waals surface area contributed by atoms with Crippen LogP contribution >= 0.6 is 0 Å². The van der Waals surface area contributed by atoms with E-state index in [9.17, 15) is 31.5 Å². The van der Waals surface area contributed by atoms with Crippen LogP contribution in [0.25, 0.3) is 0 Å². The number of carbonyl (C=O) groups is 2. The van der Waals surface area contributed by atoms with E-state index in [-0.39, 0.29) is 17.1 Å². The van der Waals surface area contributed by atoms with E-state index in [1.165, 1.54) is 6.07 Å². The van der Waals surface area contributed by atoms with Crippen LogP contribution in [0.3, 0.4) is 0 Å². The van der Waals surface area contributed by atoms with E-state index in [0.29, 0.717) is 12.8 Å². The van der Waals surface area contributed by atoms with Crippen LogP contribution in [0, 0.1) is 5.92 Å². The van der Waals surface area contributed by atoms with Gasteiger partial charge in [0.1, 0.15) is 17.0 Å². The molecule has 2 saturated carbocycles. The van der Waals surface area contributed by atoms with Crippen LogP contribution in [-0.2, 0) is 12.7 Å². The molecule has 2 aliphatic rings. The van der Waals surface area contributed by atoms with Crippen molar-refractivity contribution in [3.8, 4) is 0 Å². The van der Waals surface area contributed by atoms with Crippen LogP contribution in [-0.4, -0.2) is 32.5 Å². The van der Waals surface area contributed by atoms with E-state index in [4.69, 9.17) is 5.73 Å². The molecule has 160 valence electrons. The molecule has 2 fully saturated rings. The van der Waals surface area contributed by atoms with E-state index < -0.39 is 60.0 Å². The lowest BCUT2D eigenvalue weighted by Crippen LogP contribution is -2.23. The predicted molar refractivity (Wildman–Crippen MR) is 93.0 cm³/mol. The zero-order chi connectivity index (χ0) is 21.8. The van der Waals surface area contributed by atoms with E-state index in [2.05, 4.69) is 15.4 Å². The number of halogens is 5. The van der Waals surface area contributed by atoms with Gasteiger partial charge in [-0.15, -0.1) is 0 Å². The van der Waals surface area contributed by atoms with Crippen LogP contribution < -0.4 is 11.1 Å². The lowest BCUT2D eigenvalue weighted by molar-refractivity contribution is -0.138. The second-order valence-electron chi connectivity index (χ2n) is 7.47. The molecule has 0 spiro atoms. The maximum Gasteiger partial charge on any atom is 0.420 e. The third-order valence-corrected chi connectivity index (χ3v) is 5.06. The number of carbonyl (C=O) groups excluding carboxylic acids is 2. The zero-order valence-corrected chi connectivity index (χ0v) is 15.3. The standard InChI is InChI=1S/C18H16F5N5O2/c19-17(20)6-9(17)7-28-14(12(18(21,22)23)13(27-28)8-1-2-8)16(30)26-10-3-4-25-11(5-10)15(24)29/h3-5,8-9H,1-2,6-7H2,(H2,24,29)(H,25,26,30)/t9-/m0/s1. The molecule has 3 N–H and O–H groups in total. The van der Waals surface area contributed by atoms with Crippen molar-refractivity contribution >= 4 is 17.5 Å². The summed E-state index contributed by atoms with van der Waals surface area (Å²) in [7, 11) is 0. The van der Waals surface area contributed by atoms with Gasteiger partial charge in [0.15, 0.2) is 0 Å². The minimum Gasteiger partial charge on any atom is -0.364 e. The number of hydrogen-bond acceptors (Lipinski definition) is 4. The molecule has 12 heteroatoms. The first-order chi connectivity index (χ1) is 14.0. The Morgan fingerprint density at radius 2 is 1.97 bits per heavy atom. The number of nitrogens with zero attached hydrogens (tertiary/aromatic N) is 3. The SMILES string of the molecule is NC(=O)c1cc(NC(=O)c2c(C(F)(F)F)c(C3CC3)nn2C[C@@H]2CC2(F)F)ccn1. The minimum absolute atomic E-state index is 0.0191. The number of anilines is 1. The molecule has 2 aromatic heterocycles. The Hall–Kier alpha value is -3.05. The Balaban J connectivity index is 1.73. The number of alkyl halides is 5. The largest absolute Gasteiger partial charge is 0.420 e. The highest BCUT2D eigenvalue weighted by Crippen LogP contribution is 2.51. The first-order valence-corrected chi connectivity index (χ1v) is 9.10. The molecule has 0 aliphatic heterocycles. The molecule has 2 amide bonds. The summed E-state index contributed by atoms with van der Waals surface area (Å²) in [5.41, 5.74) is 2.55. The van der Waals surface area contributed by atoms with Crippen molar-refractivity contribution in [3.05, 3.63) is 41.0 Å². The lowest BCUT2D eigenvalue weighted by Gasteiger charge is -2.12. The van der Waals surface area contributed by atoms with E-state index in [1.54, 1.807) is 0 Å². The van der Waals surface area contributed by atoms with Gasteiger partial charge < -0.3 is 11.1 Å². The average molecular weight is 429 g/mol. The number of primary amides is 1. The molecule has 0 aromatic carbocycles. The number of aromatic nitrogens is 3. The van der Waals surface area contributed by atoms with Gasteiger partial charge in [-0.05, 0) is 25.0 Å². The van der Waals surface area contributed by atoms with Gasteiger partial charge in [-0.25, -0.2) is 8.78 Å². The Bertz CT molecular complexity index is 1030. The summed E-state index contributed by atoms with van der Waals surface area (Å²) in [6.07, 6.45) is -3.26. The van der Waals surface area contributed by atoms with Crippen LogP contribution in [0.1, 0.15) is 57.4 Å². The number of rotatable bonds is 6. The molecule has 30 heavy (non-hydrogen) atoms. The molecule has 2 aromatic rings. The van der Waals surface area contributed by atoms with Gasteiger partial charge in [-0.2, -0.15) is 18.3 Å². The molecule has 0 saturated heterocycles. The van der Waals surface area contributed by atoms with Crippen molar-refractivity contribution < 1.29 is 31.5 Å². The molecular formula is C18H16F5N5O2. The Kier molecular flexibility index (Phi) is 4.55. The molecule has 7 nitrogen and oxygen atoms in total. The summed E-state index contributed by atoms with van der Waals surface area (Å²) in [5, 5.41) is 6.17. The van der Waals surface area contributed by atoms with Gasteiger partial charge in [-0.1, -0.05) is 0 Å². The number of amides is 2. The highest BCUT2D eigenvalue weighted by Gasteiger charge is 2.57. The molecule has 1 atom stereocenters. The Morgan fingerprint density at radius 3 is 2.50 bits per heavy atom. The Morgan fingerprint density at radius 1 is 1.30 bits per heavy atom. The highest BCUT2D eigenvalue weighted by molar-refractivity contribution is 6.05.